The summed E-state index contributed by atoms with van der Waals surface area (Å²) in [5.74, 6) is 0.668. The fourth-order valence-corrected chi connectivity index (χ4v) is 4.86. The lowest BCUT2D eigenvalue weighted by Crippen LogP contribution is -2.16. The van der Waals surface area contributed by atoms with E-state index in [0.29, 0.717) is 257 Å². The number of carbonyl (C=O) groups excluding carboxylic acids is 1. The highest BCUT2D eigenvalue weighted by Crippen LogP contribution is 1.99. The molecule has 0 bridgehead atoms. The lowest BCUT2D eigenvalue weighted by atomic mass is 10.6. The molecule has 22 heteroatoms. The van der Waals surface area contributed by atoms with Gasteiger partial charge in [0, 0.05) is 12.7 Å². The van der Waals surface area contributed by atoms with Gasteiger partial charge in [-0.25, -0.2) is 0 Å². The fourth-order valence-electron chi connectivity index (χ4n) is 4.37. The topological polar surface area (TPSA) is 213 Å². The van der Waals surface area contributed by atoms with Crippen molar-refractivity contribution in [3.05, 3.63) is 0 Å². The molecule has 0 aliphatic carbocycles. The number of aliphatic hydroxyl groups is 1. The normalized spacial score (nSPS) is 11.7. The molecule has 0 aromatic rings. The van der Waals surface area contributed by atoms with E-state index in [1.165, 1.54) is 11.8 Å². The van der Waals surface area contributed by atoms with Gasteiger partial charge in [-0.05, 0) is 0 Å². The Hall–Kier alpha value is -0.780. The van der Waals surface area contributed by atoms with Gasteiger partial charge in [-0.15, -0.1) is 0 Å². The second-order valence-electron chi connectivity index (χ2n) is 12.7. The van der Waals surface area contributed by atoms with Crippen LogP contribution in [0.1, 0.15) is 6.92 Å². The number of rotatable bonds is 59. The van der Waals surface area contributed by atoms with Crippen molar-refractivity contribution in [2.24, 2.45) is 0 Å². The molecule has 0 rings (SSSR count). The number of hydrogen-bond donors (Lipinski definition) is 1. The average Bonchev–Trinajstić information content (AvgIpc) is 3.29. The lowest BCUT2D eigenvalue weighted by molar-refractivity contribution is -0.109. The summed E-state index contributed by atoms with van der Waals surface area (Å²) in [7, 11) is 0. The van der Waals surface area contributed by atoms with Crippen LogP contribution in [0.2, 0.25) is 0 Å². The number of carbonyl (C=O) groups is 1. The highest BCUT2D eigenvalue weighted by Gasteiger charge is 1.99. The van der Waals surface area contributed by atoms with Crippen LogP contribution in [0.25, 0.3) is 0 Å². The van der Waals surface area contributed by atoms with Crippen molar-refractivity contribution in [3.63, 3.8) is 0 Å². The van der Waals surface area contributed by atoms with Gasteiger partial charge in [-0.2, -0.15) is 0 Å². The minimum atomic E-state index is 0.0192. The van der Waals surface area contributed by atoms with E-state index < -0.39 is 0 Å². The lowest BCUT2D eigenvalue weighted by Gasteiger charge is -2.09. The Morgan fingerprint density at radius 3 is 0.500 bits per heavy atom. The summed E-state index contributed by atoms with van der Waals surface area (Å²) in [4.78, 5) is 10.8. The smallest absolute Gasteiger partial charge is 0.185 e. The number of aliphatic hydroxyl groups excluding tert-OH is 1. The first-order valence-electron chi connectivity index (χ1n) is 22.5. The first kappa shape index (κ1) is 63.2. The fraction of sp³-hybridized carbons (Fsp3) is 0.976. The summed E-state index contributed by atoms with van der Waals surface area (Å²) < 4.78 is 103. The van der Waals surface area contributed by atoms with Crippen molar-refractivity contribution >= 4 is 16.9 Å². The molecule has 0 heterocycles. The average molecular weight is 957 g/mol. The van der Waals surface area contributed by atoms with Crippen molar-refractivity contribution in [2.45, 2.75) is 6.92 Å². The third-order valence-corrected chi connectivity index (χ3v) is 8.24. The maximum atomic E-state index is 10.8. The van der Waals surface area contributed by atoms with Gasteiger partial charge in [0.1, 0.15) is 0 Å². The summed E-state index contributed by atoms with van der Waals surface area (Å²) in [5.41, 5.74) is 0. The SMILES string of the molecule is CC(=O)SCCOCCOCCOCCOCCOCCOCCOCCOCCOCCOCCOCCOCCOCCOCCOCCOCCOCCOCCOCCO. The molecule has 64 heavy (non-hydrogen) atoms. The molecule has 0 saturated heterocycles. The summed E-state index contributed by atoms with van der Waals surface area (Å²) in [6.45, 7) is 20.1. The van der Waals surface area contributed by atoms with Crippen LogP contribution in [0.4, 0.5) is 0 Å². The van der Waals surface area contributed by atoms with Gasteiger partial charge in [-0.1, -0.05) is 11.8 Å². The zero-order chi connectivity index (χ0) is 46.0. The van der Waals surface area contributed by atoms with Gasteiger partial charge in [-0.3, -0.25) is 4.79 Å². The van der Waals surface area contributed by atoms with Crippen LogP contribution >= 0.6 is 11.8 Å². The molecule has 0 aliphatic heterocycles. The second-order valence-corrected chi connectivity index (χ2v) is 14.0. The van der Waals surface area contributed by atoms with Gasteiger partial charge >= 0.3 is 0 Å². The molecular formula is C42H84O21S. The highest BCUT2D eigenvalue weighted by molar-refractivity contribution is 8.13. The van der Waals surface area contributed by atoms with E-state index in [1.54, 1.807) is 6.92 Å². The van der Waals surface area contributed by atoms with Crippen LogP contribution in [-0.2, 0) is 94.8 Å². The molecule has 0 amide bonds. The number of thioether (sulfide) groups is 1. The van der Waals surface area contributed by atoms with E-state index in [2.05, 4.69) is 0 Å². The first-order chi connectivity index (χ1) is 31.8. The molecule has 0 radical (unpaired) electrons. The molecule has 0 saturated carbocycles. The molecule has 21 nitrogen and oxygen atoms in total. The van der Waals surface area contributed by atoms with Crippen molar-refractivity contribution in [1.82, 2.24) is 0 Å². The van der Waals surface area contributed by atoms with Crippen molar-refractivity contribution in [3.8, 4) is 0 Å². The van der Waals surface area contributed by atoms with E-state index in [4.69, 9.17) is 95.1 Å². The van der Waals surface area contributed by atoms with E-state index in [-0.39, 0.29) is 11.7 Å². The van der Waals surface area contributed by atoms with E-state index in [1.807, 2.05) is 0 Å². The highest BCUT2D eigenvalue weighted by atomic mass is 32.2. The molecule has 0 unspecified atom stereocenters. The van der Waals surface area contributed by atoms with E-state index in [9.17, 15) is 4.79 Å². The Morgan fingerprint density at radius 1 is 0.250 bits per heavy atom. The molecule has 0 aromatic heterocycles. The Morgan fingerprint density at radius 2 is 0.375 bits per heavy atom. The van der Waals surface area contributed by atoms with Crippen LogP contribution in [-0.4, -0.2) is 274 Å². The van der Waals surface area contributed by atoms with Crippen LogP contribution in [0.5, 0.6) is 0 Å². The molecular weight excluding hydrogens is 873 g/mol. The standard InChI is InChI=1S/C42H84O21S/c1-42(44)64-41-40-63-39-38-62-37-36-61-35-34-60-33-32-59-31-30-58-29-28-57-27-26-56-25-24-55-23-22-54-21-20-53-19-18-52-17-16-51-15-14-50-13-12-49-11-10-48-9-8-47-7-6-46-5-4-45-3-2-43/h43H,2-41H2,1H3. The molecule has 0 aromatic carbocycles. The number of hydrogen-bond acceptors (Lipinski definition) is 22. The van der Waals surface area contributed by atoms with Gasteiger partial charge in [0.25, 0.3) is 0 Å². The van der Waals surface area contributed by atoms with Crippen molar-refractivity contribution < 1.29 is 99.9 Å². The Kier molecular flexibility index (Phi) is 59.5. The van der Waals surface area contributed by atoms with Crippen LogP contribution in [0.3, 0.4) is 0 Å². The predicted octanol–water partition coefficient (Wildman–Crippen LogP) is 0.574. The van der Waals surface area contributed by atoms with Crippen LogP contribution < -0.4 is 0 Å². The van der Waals surface area contributed by atoms with Crippen LogP contribution in [0, 0.1) is 0 Å². The van der Waals surface area contributed by atoms with Crippen molar-refractivity contribution in [2.75, 3.05) is 263 Å². The van der Waals surface area contributed by atoms with Gasteiger partial charge in [0.05, 0.1) is 258 Å². The molecule has 0 atom stereocenters. The predicted molar refractivity (Wildman–Crippen MR) is 236 cm³/mol. The maximum Gasteiger partial charge on any atom is 0.185 e. The first-order valence-corrected chi connectivity index (χ1v) is 23.5. The zero-order valence-corrected chi connectivity index (χ0v) is 39.6. The third kappa shape index (κ3) is 61.2. The Labute approximate surface area is 386 Å². The summed E-state index contributed by atoms with van der Waals surface area (Å²) in [6, 6.07) is 0. The minimum Gasteiger partial charge on any atom is -0.394 e. The molecule has 0 spiro atoms. The molecule has 0 aliphatic rings. The summed E-state index contributed by atoms with van der Waals surface area (Å²) in [6.07, 6.45) is 0. The van der Waals surface area contributed by atoms with E-state index in [0.717, 1.165) is 0 Å². The maximum absolute atomic E-state index is 10.8. The number of ether oxygens (including phenoxy) is 19. The Balaban J connectivity index is 3.07. The van der Waals surface area contributed by atoms with Crippen molar-refractivity contribution in [1.29, 1.82) is 0 Å². The van der Waals surface area contributed by atoms with Gasteiger partial charge in [0.2, 0.25) is 0 Å². The summed E-state index contributed by atoms with van der Waals surface area (Å²) >= 11 is 1.26. The monoisotopic (exact) mass is 957 g/mol. The molecule has 384 valence electrons. The quantitative estimate of drug-likeness (QED) is 0.0826. The molecule has 1 N–H and O–H groups in total. The second kappa shape index (κ2) is 60.2. The van der Waals surface area contributed by atoms with Gasteiger partial charge in [0.15, 0.2) is 5.12 Å². The summed E-state index contributed by atoms with van der Waals surface area (Å²) in [5, 5.41) is 8.70. The van der Waals surface area contributed by atoms with Crippen LogP contribution in [0.15, 0.2) is 0 Å². The molecule has 0 fully saturated rings. The third-order valence-electron chi connectivity index (χ3n) is 7.46. The largest absolute Gasteiger partial charge is 0.394 e. The van der Waals surface area contributed by atoms with E-state index >= 15 is 0 Å². The zero-order valence-electron chi connectivity index (χ0n) is 38.8. The minimum absolute atomic E-state index is 0.0192. The van der Waals surface area contributed by atoms with Gasteiger partial charge < -0.3 is 95.1 Å². The Bertz CT molecular complexity index is 859.